The van der Waals surface area contributed by atoms with E-state index in [1.54, 1.807) is 25.1 Å². The largest absolute Gasteiger partial charge is 0.465 e. The monoisotopic (exact) mass is 344 g/mol. The van der Waals surface area contributed by atoms with E-state index in [1.165, 1.54) is 23.5 Å². The summed E-state index contributed by atoms with van der Waals surface area (Å²) in [6.07, 6.45) is 1.93. The van der Waals surface area contributed by atoms with Gasteiger partial charge in [0.25, 0.3) is 0 Å². The quantitative estimate of drug-likeness (QED) is 0.616. The lowest BCUT2D eigenvalue weighted by Crippen LogP contribution is -2.34. The number of thiophene rings is 1. The third-order valence-corrected chi connectivity index (χ3v) is 5.09. The van der Waals surface area contributed by atoms with Gasteiger partial charge in [-0.05, 0) is 48.1 Å². The number of allylic oxidation sites excluding steroid dienone is 2. The van der Waals surface area contributed by atoms with E-state index in [9.17, 15) is 14.0 Å². The molecular formula is C19H17FO3S. The summed E-state index contributed by atoms with van der Waals surface area (Å²) in [5.41, 5.74) is 1.22. The Bertz CT molecular complexity index is 780. The molecule has 1 aliphatic rings. The maximum Gasteiger partial charge on any atom is 0.317 e. The maximum atomic E-state index is 14.3. The van der Waals surface area contributed by atoms with E-state index < -0.39 is 23.6 Å². The van der Waals surface area contributed by atoms with Crippen LogP contribution in [0, 0.1) is 11.7 Å². The number of hydrogen-bond donors (Lipinski definition) is 0. The zero-order valence-electron chi connectivity index (χ0n) is 13.2. The van der Waals surface area contributed by atoms with Crippen LogP contribution < -0.4 is 0 Å². The minimum Gasteiger partial charge on any atom is -0.465 e. The molecular weight excluding hydrogens is 327 g/mol. The number of esters is 1. The van der Waals surface area contributed by atoms with Gasteiger partial charge < -0.3 is 4.74 Å². The lowest BCUT2D eigenvalue weighted by Gasteiger charge is -2.29. The highest BCUT2D eigenvalue weighted by molar-refractivity contribution is 7.11. The van der Waals surface area contributed by atoms with E-state index in [-0.39, 0.29) is 12.4 Å². The van der Waals surface area contributed by atoms with Crippen molar-refractivity contribution in [3.8, 4) is 0 Å². The van der Waals surface area contributed by atoms with Gasteiger partial charge in [0, 0.05) is 10.8 Å². The molecule has 0 aliphatic heterocycles. The van der Waals surface area contributed by atoms with Crippen molar-refractivity contribution >= 4 is 28.7 Å². The molecule has 0 amide bonds. The standard InChI is InChI=1S/C19H17FO3S/c1-2-23-19(22)18-14(13-6-3-4-7-15(13)20)10-12(11-16(18)21)17-8-5-9-24-17/h3-9,11,14,18H,2,10H2,1H3/t14-,18-/m0/s1. The average Bonchev–Trinajstić information content (AvgIpc) is 3.09. The van der Waals surface area contributed by atoms with Gasteiger partial charge in [0.15, 0.2) is 5.78 Å². The van der Waals surface area contributed by atoms with Gasteiger partial charge in [0.2, 0.25) is 0 Å². The molecule has 1 aliphatic carbocycles. The van der Waals surface area contributed by atoms with Crippen LogP contribution in [0.2, 0.25) is 0 Å². The number of ketones is 1. The number of halogens is 1. The van der Waals surface area contributed by atoms with E-state index in [4.69, 9.17) is 4.74 Å². The van der Waals surface area contributed by atoms with Crippen molar-refractivity contribution in [3.63, 3.8) is 0 Å². The van der Waals surface area contributed by atoms with Crippen molar-refractivity contribution in [2.24, 2.45) is 5.92 Å². The van der Waals surface area contributed by atoms with Gasteiger partial charge in [-0.25, -0.2) is 4.39 Å². The summed E-state index contributed by atoms with van der Waals surface area (Å²) in [5, 5.41) is 1.93. The Morgan fingerprint density at radius 1 is 1.29 bits per heavy atom. The van der Waals surface area contributed by atoms with Gasteiger partial charge in [0.05, 0.1) is 6.61 Å². The Labute approximate surface area is 143 Å². The first kappa shape index (κ1) is 16.6. The molecule has 0 saturated carbocycles. The second-order valence-electron chi connectivity index (χ2n) is 5.61. The summed E-state index contributed by atoms with van der Waals surface area (Å²) >= 11 is 1.52. The van der Waals surface area contributed by atoms with E-state index in [1.807, 2.05) is 17.5 Å². The molecule has 0 bridgehead atoms. The van der Waals surface area contributed by atoms with E-state index in [0.717, 1.165) is 10.5 Å². The molecule has 0 spiro atoms. The number of carbonyl (C=O) groups excluding carboxylic acids is 2. The van der Waals surface area contributed by atoms with E-state index in [0.29, 0.717) is 12.0 Å². The van der Waals surface area contributed by atoms with Crippen molar-refractivity contribution < 1.29 is 18.7 Å². The Balaban J connectivity index is 2.04. The molecule has 1 aromatic heterocycles. The van der Waals surface area contributed by atoms with Crippen LogP contribution in [-0.2, 0) is 14.3 Å². The molecule has 2 atom stereocenters. The normalized spacial score (nSPS) is 20.6. The highest BCUT2D eigenvalue weighted by atomic mass is 32.1. The number of ether oxygens (including phenoxy) is 1. The summed E-state index contributed by atoms with van der Waals surface area (Å²) in [6, 6.07) is 10.1. The molecule has 3 rings (SSSR count). The molecule has 0 unspecified atom stereocenters. The average molecular weight is 344 g/mol. The Kier molecular flexibility index (Phi) is 4.90. The molecule has 5 heteroatoms. The van der Waals surface area contributed by atoms with Crippen LogP contribution in [-0.4, -0.2) is 18.4 Å². The second-order valence-corrected chi connectivity index (χ2v) is 6.56. The predicted octanol–water partition coefficient (Wildman–Crippen LogP) is 4.21. The van der Waals surface area contributed by atoms with Gasteiger partial charge in [-0.3, -0.25) is 9.59 Å². The first-order valence-electron chi connectivity index (χ1n) is 7.81. The number of carbonyl (C=O) groups is 2. The van der Waals surface area contributed by atoms with Gasteiger partial charge in [-0.2, -0.15) is 0 Å². The highest BCUT2D eigenvalue weighted by Gasteiger charge is 2.40. The maximum absolute atomic E-state index is 14.3. The van der Waals surface area contributed by atoms with Crippen molar-refractivity contribution in [3.05, 3.63) is 64.1 Å². The van der Waals surface area contributed by atoms with Crippen LogP contribution in [0.15, 0.2) is 47.9 Å². The number of hydrogen-bond acceptors (Lipinski definition) is 4. The van der Waals surface area contributed by atoms with Gasteiger partial charge in [-0.1, -0.05) is 24.3 Å². The molecule has 0 fully saturated rings. The third-order valence-electron chi connectivity index (χ3n) is 4.15. The predicted molar refractivity (Wildman–Crippen MR) is 91.2 cm³/mol. The smallest absolute Gasteiger partial charge is 0.317 e. The van der Waals surface area contributed by atoms with Crippen LogP contribution >= 0.6 is 11.3 Å². The van der Waals surface area contributed by atoms with Crippen LogP contribution in [0.4, 0.5) is 4.39 Å². The van der Waals surface area contributed by atoms with E-state index in [2.05, 4.69) is 0 Å². The molecule has 24 heavy (non-hydrogen) atoms. The molecule has 124 valence electrons. The Morgan fingerprint density at radius 3 is 2.75 bits per heavy atom. The van der Waals surface area contributed by atoms with Gasteiger partial charge in [0.1, 0.15) is 11.7 Å². The number of rotatable bonds is 4. The summed E-state index contributed by atoms with van der Waals surface area (Å²) in [5.74, 6) is -2.86. The summed E-state index contributed by atoms with van der Waals surface area (Å²) in [4.78, 5) is 25.9. The van der Waals surface area contributed by atoms with E-state index >= 15 is 0 Å². The summed E-state index contributed by atoms with van der Waals surface area (Å²) in [6.45, 7) is 1.88. The minimum atomic E-state index is -0.995. The fourth-order valence-corrected chi connectivity index (χ4v) is 3.84. The SMILES string of the molecule is CCOC(=O)[C@@H]1C(=O)C=C(c2cccs2)C[C@H]1c1ccccc1F. The Hall–Kier alpha value is -2.27. The summed E-state index contributed by atoms with van der Waals surface area (Å²) in [7, 11) is 0. The fraction of sp³-hybridized carbons (Fsp3) is 0.263. The van der Waals surface area contributed by atoms with Crippen LogP contribution in [0.5, 0.6) is 0 Å². The van der Waals surface area contributed by atoms with Crippen LogP contribution in [0.1, 0.15) is 29.7 Å². The third kappa shape index (κ3) is 3.17. The lowest BCUT2D eigenvalue weighted by molar-refractivity contribution is -0.151. The van der Waals surface area contributed by atoms with Crippen LogP contribution in [0.3, 0.4) is 0 Å². The molecule has 0 N–H and O–H groups in total. The first-order valence-corrected chi connectivity index (χ1v) is 8.69. The lowest BCUT2D eigenvalue weighted by atomic mass is 9.74. The molecule has 0 saturated heterocycles. The zero-order valence-corrected chi connectivity index (χ0v) is 14.0. The van der Waals surface area contributed by atoms with Crippen LogP contribution in [0.25, 0.3) is 5.57 Å². The molecule has 3 nitrogen and oxygen atoms in total. The molecule has 1 heterocycles. The topological polar surface area (TPSA) is 43.4 Å². The minimum absolute atomic E-state index is 0.189. The van der Waals surface area contributed by atoms with Crippen molar-refractivity contribution in [1.29, 1.82) is 0 Å². The molecule has 1 aromatic carbocycles. The molecule has 2 aromatic rings. The zero-order chi connectivity index (χ0) is 17.1. The Morgan fingerprint density at radius 2 is 2.08 bits per heavy atom. The van der Waals surface area contributed by atoms with Gasteiger partial charge >= 0.3 is 5.97 Å². The number of benzene rings is 1. The second kappa shape index (κ2) is 7.09. The van der Waals surface area contributed by atoms with Crippen molar-refractivity contribution in [1.82, 2.24) is 0 Å². The van der Waals surface area contributed by atoms with Crippen molar-refractivity contribution in [2.45, 2.75) is 19.3 Å². The highest BCUT2D eigenvalue weighted by Crippen LogP contribution is 2.41. The summed E-state index contributed by atoms with van der Waals surface area (Å²) < 4.78 is 19.4. The van der Waals surface area contributed by atoms with Crippen molar-refractivity contribution in [2.75, 3.05) is 6.61 Å². The first-order chi connectivity index (χ1) is 11.6. The van der Waals surface area contributed by atoms with Gasteiger partial charge in [-0.15, -0.1) is 11.3 Å². The fourth-order valence-electron chi connectivity index (χ4n) is 3.08. The molecule has 0 radical (unpaired) electrons.